The summed E-state index contributed by atoms with van der Waals surface area (Å²) in [4.78, 5) is 17.0. The third-order valence-electron chi connectivity index (χ3n) is 4.06. The van der Waals surface area contributed by atoms with Crippen LogP contribution >= 0.6 is 0 Å². The summed E-state index contributed by atoms with van der Waals surface area (Å²) >= 11 is 0. The Kier molecular flexibility index (Phi) is 5.76. The molecule has 0 aliphatic carbocycles. The van der Waals surface area contributed by atoms with Crippen molar-refractivity contribution in [1.29, 1.82) is 0 Å². The number of hydrogen-bond donors (Lipinski definition) is 1. The number of hydrogen-bond acceptors (Lipinski definition) is 4. The molecule has 6 heteroatoms. The lowest BCUT2D eigenvalue weighted by molar-refractivity contribution is 0.0634. The topological polar surface area (TPSA) is 67.4 Å². The Labute approximate surface area is 126 Å². The van der Waals surface area contributed by atoms with Gasteiger partial charge in [0, 0.05) is 39.4 Å². The molecule has 0 atom stereocenters. The van der Waals surface area contributed by atoms with E-state index in [1.807, 2.05) is 25.1 Å². The summed E-state index contributed by atoms with van der Waals surface area (Å²) in [6, 6.07) is 0. The van der Waals surface area contributed by atoms with Crippen molar-refractivity contribution in [3.63, 3.8) is 0 Å². The third-order valence-corrected chi connectivity index (χ3v) is 4.06. The van der Waals surface area contributed by atoms with Crippen LogP contribution in [0.5, 0.6) is 0 Å². The molecule has 0 bridgehead atoms. The molecule has 1 fully saturated rings. The zero-order valence-electron chi connectivity index (χ0n) is 13.2. The van der Waals surface area contributed by atoms with Crippen molar-refractivity contribution < 1.29 is 4.79 Å². The van der Waals surface area contributed by atoms with Gasteiger partial charge in [-0.2, -0.15) is 5.10 Å². The van der Waals surface area contributed by atoms with Gasteiger partial charge in [0.1, 0.15) is 0 Å². The van der Waals surface area contributed by atoms with Gasteiger partial charge in [-0.25, -0.2) is 0 Å². The normalized spacial score (nSPS) is 16.4. The molecule has 1 aliphatic heterocycles. The lowest BCUT2D eigenvalue weighted by Crippen LogP contribution is -2.49. The van der Waals surface area contributed by atoms with Gasteiger partial charge in [-0.1, -0.05) is 6.92 Å². The molecule has 1 aliphatic rings. The number of carbonyl (C=O) groups excluding carboxylic acids is 1. The summed E-state index contributed by atoms with van der Waals surface area (Å²) in [7, 11) is 1.87. The van der Waals surface area contributed by atoms with Gasteiger partial charge in [-0.15, -0.1) is 0 Å². The van der Waals surface area contributed by atoms with E-state index in [0.29, 0.717) is 0 Å². The fourth-order valence-corrected chi connectivity index (χ4v) is 2.80. The van der Waals surface area contributed by atoms with Gasteiger partial charge in [-0.05, 0) is 32.4 Å². The molecule has 1 saturated heterocycles. The Balaban J connectivity index is 1.88. The van der Waals surface area contributed by atoms with Gasteiger partial charge in [0.2, 0.25) is 0 Å². The summed E-state index contributed by atoms with van der Waals surface area (Å²) in [5.74, 6) is 0.126. The molecular weight excluding hydrogens is 266 g/mol. The number of piperazine rings is 1. The molecule has 2 rings (SSSR count). The zero-order chi connectivity index (χ0) is 15.2. The minimum atomic E-state index is 0.126. The first-order valence-corrected chi connectivity index (χ1v) is 7.90. The Morgan fingerprint density at radius 3 is 2.62 bits per heavy atom. The number of carbonyl (C=O) groups is 1. The highest BCUT2D eigenvalue weighted by Crippen LogP contribution is 2.13. The van der Waals surface area contributed by atoms with Crippen LogP contribution < -0.4 is 5.73 Å². The van der Waals surface area contributed by atoms with Gasteiger partial charge < -0.3 is 10.6 Å². The number of amides is 1. The number of nitrogens with two attached hydrogens (primary N) is 1. The molecule has 1 aromatic rings. The summed E-state index contributed by atoms with van der Waals surface area (Å²) in [6.45, 7) is 7.41. The molecule has 0 aromatic carbocycles. The molecule has 0 radical (unpaired) electrons. The Bertz CT molecular complexity index is 463. The first kappa shape index (κ1) is 16.0. The highest BCUT2D eigenvalue weighted by molar-refractivity contribution is 5.95. The SMILES string of the molecule is CCc1nn(C)cc1C(=O)N1CCN(CCCCN)CC1. The van der Waals surface area contributed by atoms with E-state index in [1.54, 1.807) is 4.68 Å². The molecule has 1 aromatic heterocycles. The predicted octanol–water partition coefficient (Wildman–Crippen LogP) is 0.479. The largest absolute Gasteiger partial charge is 0.336 e. The van der Waals surface area contributed by atoms with E-state index in [0.717, 1.165) is 69.8 Å². The maximum atomic E-state index is 12.6. The van der Waals surface area contributed by atoms with Crippen LogP contribution in [0.15, 0.2) is 6.20 Å². The number of rotatable bonds is 6. The van der Waals surface area contributed by atoms with Crippen molar-refractivity contribution in [2.24, 2.45) is 12.8 Å². The average Bonchev–Trinajstić information content (AvgIpc) is 2.88. The predicted molar refractivity (Wildman–Crippen MR) is 83.2 cm³/mol. The van der Waals surface area contributed by atoms with E-state index >= 15 is 0 Å². The molecule has 1 amide bonds. The summed E-state index contributed by atoms with van der Waals surface area (Å²) in [6.07, 6.45) is 4.86. The van der Waals surface area contributed by atoms with Crippen molar-refractivity contribution in [3.8, 4) is 0 Å². The molecule has 0 saturated carbocycles. The van der Waals surface area contributed by atoms with Gasteiger partial charge >= 0.3 is 0 Å². The Morgan fingerprint density at radius 2 is 2.00 bits per heavy atom. The van der Waals surface area contributed by atoms with Gasteiger partial charge in [0.15, 0.2) is 0 Å². The lowest BCUT2D eigenvalue weighted by atomic mass is 10.1. The van der Waals surface area contributed by atoms with Crippen LogP contribution in [-0.4, -0.2) is 64.8 Å². The quantitative estimate of drug-likeness (QED) is 0.775. The van der Waals surface area contributed by atoms with Crippen LogP contribution in [0.25, 0.3) is 0 Å². The molecule has 0 unspecified atom stereocenters. The molecule has 21 heavy (non-hydrogen) atoms. The standard InChI is InChI=1S/C15H27N5O/c1-3-14-13(12-18(2)17-14)15(21)20-10-8-19(9-11-20)7-5-4-6-16/h12H,3-11,16H2,1-2H3. The number of aromatic nitrogens is 2. The van der Waals surface area contributed by atoms with E-state index in [4.69, 9.17) is 5.73 Å². The lowest BCUT2D eigenvalue weighted by Gasteiger charge is -2.34. The monoisotopic (exact) mass is 293 g/mol. The summed E-state index contributed by atoms with van der Waals surface area (Å²) in [5, 5.41) is 4.36. The zero-order valence-corrected chi connectivity index (χ0v) is 13.2. The van der Waals surface area contributed by atoms with E-state index in [9.17, 15) is 4.79 Å². The molecule has 2 heterocycles. The van der Waals surface area contributed by atoms with E-state index in [1.165, 1.54) is 0 Å². The molecule has 118 valence electrons. The first-order chi connectivity index (χ1) is 10.2. The number of unbranched alkanes of at least 4 members (excludes halogenated alkanes) is 1. The molecular formula is C15H27N5O. The van der Waals surface area contributed by atoms with Gasteiger partial charge in [0.25, 0.3) is 5.91 Å². The highest BCUT2D eigenvalue weighted by atomic mass is 16.2. The minimum absolute atomic E-state index is 0.126. The maximum absolute atomic E-state index is 12.6. The van der Waals surface area contributed by atoms with Crippen molar-refractivity contribution in [3.05, 3.63) is 17.5 Å². The van der Waals surface area contributed by atoms with Crippen molar-refractivity contribution >= 4 is 5.91 Å². The summed E-state index contributed by atoms with van der Waals surface area (Å²) in [5.41, 5.74) is 7.18. The third kappa shape index (κ3) is 4.04. The highest BCUT2D eigenvalue weighted by Gasteiger charge is 2.24. The number of aryl methyl sites for hydroxylation is 2. The second kappa shape index (κ2) is 7.56. The van der Waals surface area contributed by atoms with E-state index in [2.05, 4.69) is 10.00 Å². The minimum Gasteiger partial charge on any atom is -0.336 e. The Morgan fingerprint density at radius 1 is 1.29 bits per heavy atom. The second-order valence-corrected chi connectivity index (χ2v) is 5.65. The van der Waals surface area contributed by atoms with Crippen molar-refractivity contribution in [2.75, 3.05) is 39.3 Å². The van der Waals surface area contributed by atoms with Crippen LogP contribution in [0, 0.1) is 0 Å². The van der Waals surface area contributed by atoms with E-state index in [-0.39, 0.29) is 5.91 Å². The van der Waals surface area contributed by atoms with Crippen molar-refractivity contribution in [1.82, 2.24) is 19.6 Å². The fraction of sp³-hybridized carbons (Fsp3) is 0.733. The smallest absolute Gasteiger partial charge is 0.257 e. The maximum Gasteiger partial charge on any atom is 0.257 e. The molecule has 0 spiro atoms. The summed E-state index contributed by atoms with van der Waals surface area (Å²) < 4.78 is 1.73. The Hall–Kier alpha value is -1.40. The fourth-order valence-electron chi connectivity index (χ4n) is 2.80. The first-order valence-electron chi connectivity index (χ1n) is 7.90. The molecule has 6 nitrogen and oxygen atoms in total. The van der Waals surface area contributed by atoms with Gasteiger partial charge in [-0.3, -0.25) is 14.4 Å². The van der Waals surface area contributed by atoms with Crippen LogP contribution in [0.2, 0.25) is 0 Å². The van der Waals surface area contributed by atoms with Crippen molar-refractivity contribution in [2.45, 2.75) is 26.2 Å². The van der Waals surface area contributed by atoms with E-state index < -0.39 is 0 Å². The van der Waals surface area contributed by atoms with Crippen LogP contribution in [0.3, 0.4) is 0 Å². The number of nitrogens with zero attached hydrogens (tertiary/aromatic N) is 4. The van der Waals surface area contributed by atoms with Crippen LogP contribution in [0.1, 0.15) is 35.8 Å². The van der Waals surface area contributed by atoms with Crippen LogP contribution in [0.4, 0.5) is 0 Å². The average molecular weight is 293 g/mol. The molecule has 2 N–H and O–H groups in total. The van der Waals surface area contributed by atoms with Crippen LogP contribution in [-0.2, 0) is 13.5 Å². The van der Waals surface area contributed by atoms with Gasteiger partial charge in [0.05, 0.1) is 11.3 Å². The second-order valence-electron chi connectivity index (χ2n) is 5.65.